The average Bonchev–Trinajstić information content (AvgIpc) is 4.35. The molecule has 0 saturated heterocycles. The van der Waals surface area contributed by atoms with Crippen LogP contribution in [0.15, 0.2) is 109 Å². The quantitative estimate of drug-likeness (QED) is 0.0602. The molecule has 0 aliphatic carbocycles. The van der Waals surface area contributed by atoms with E-state index in [1.165, 1.54) is 41.1 Å². The molecule has 79 heavy (non-hydrogen) atoms. The van der Waals surface area contributed by atoms with Gasteiger partial charge in [0.15, 0.2) is 0 Å². The number of benzene rings is 4. The Bertz CT molecular complexity index is 3350. The maximum atomic E-state index is 14.6. The van der Waals surface area contributed by atoms with Gasteiger partial charge in [-0.05, 0) is 111 Å². The number of carbonyl (C=O) groups is 8. The fraction of sp³-hybridized carbons (Fsp3) is 0.328. The second-order valence-corrected chi connectivity index (χ2v) is 20.2. The van der Waals surface area contributed by atoms with Crippen molar-refractivity contribution in [2.45, 2.75) is 65.6 Å². The first-order valence-electron chi connectivity index (χ1n) is 25.9. The summed E-state index contributed by atoms with van der Waals surface area (Å²) in [7, 11) is 5.11. The van der Waals surface area contributed by atoms with E-state index in [-0.39, 0.29) is 67.7 Å². The van der Waals surface area contributed by atoms with Crippen LogP contribution in [0, 0.1) is 12.8 Å². The summed E-state index contributed by atoms with van der Waals surface area (Å²) in [5.74, 6) is -2.39. The molecular weight excluding hydrogens is 1010 g/mol. The van der Waals surface area contributed by atoms with Gasteiger partial charge in [0.1, 0.15) is 35.5 Å². The fourth-order valence-corrected chi connectivity index (χ4v) is 9.79. The molecule has 4 N–H and O–H groups in total. The summed E-state index contributed by atoms with van der Waals surface area (Å²) in [6.07, 6.45) is 4.66. The highest BCUT2D eigenvalue weighted by Crippen LogP contribution is 2.48. The van der Waals surface area contributed by atoms with Gasteiger partial charge in [-0.2, -0.15) is 0 Å². The minimum absolute atomic E-state index is 0.0331. The number of phenolic OH excluding ortho intramolecular Hbond substituents is 1. The monoisotopic (exact) mass is 1080 g/mol. The summed E-state index contributed by atoms with van der Waals surface area (Å²) >= 11 is 0. The van der Waals surface area contributed by atoms with Gasteiger partial charge in [-0.3, -0.25) is 38.6 Å². The Balaban J connectivity index is 0.956. The molecule has 0 unspecified atom stereocenters. The average molecular weight is 1080 g/mol. The van der Waals surface area contributed by atoms with E-state index in [0.717, 1.165) is 33.6 Å². The van der Waals surface area contributed by atoms with E-state index in [2.05, 4.69) is 20.9 Å². The largest absolute Gasteiger partial charge is 0.508 e. The topological polar surface area (TPSA) is 245 Å². The maximum Gasteiger partial charge on any atom is 0.415 e. The second-order valence-electron chi connectivity index (χ2n) is 20.2. The van der Waals surface area contributed by atoms with Gasteiger partial charge in [0.05, 0.1) is 17.4 Å². The zero-order chi connectivity index (χ0) is 56.8. The smallest absolute Gasteiger partial charge is 0.415 e. The molecule has 2 aromatic heterocycles. The minimum Gasteiger partial charge on any atom is -0.508 e. The number of likely N-dealkylation sites (N-methyl/N-ethyl adjacent to an activating group) is 2. The number of aromatic nitrogens is 2. The third-order valence-electron chi connectivity index (χ3n) is 14.0. The van der Waals surface area contributed by atoms with Gasteiger partial charge in [-0.25, -0.2) is 14.6 Å². The number of carbonyl (C=O) groups excluding carboxylic acids is 8. The van der Waals surface area contributed by atoms with Crippen LogP contribution in [0.1, 0.15) is 77.6 Å². The number of anilines is 3. The van der Waals surface area contributed by atoms with Crippen molar-refractivity contribution in [2.24, 2.45) is 5.92 Å². The molecule has 8 amide bonds. The van der Waals surface area contributed by atoms with E-state index in [9.17, 15) is 43.5 Å². The molecule has 412 valence electrons. The van der Waals surface area contributed by atoms with Crippen LogP contribution in [-0.2, 0) is 30.5 Å². The summed E-state index contributed by atoms with van der Waals surface area (Å²) < 4.78 is 13.5. The zero-order valence-corrected chi connectivity index (χ0v) is 45.3. The molecule has 0 saturated carbocycles. The van der Waals surface area contributed by atoms with E-state index >= 15 is 0 Å². The molecule has 0 spiro atoms. The molecule has 0 radical (unpaired) electrons. The third-order valence-corrected chi connectivity index (χ3v) is 14.0. The number of rotatable bonds is 19. The predicted octanol–water partition coefficient (Wildman–Crippen LogP) is 6.93. The summed E-state index contributed by atoms with van der Waals surface area (Å²) in [6, 6.07) is 21.9. The van der Waals surface area contributed by atoms with Gasteiger partial charge < -0.3 is 49.6 Å². The van der Waals surface area contributed by atoms with Crippen LogP contribution in [0.3, 0.4) is 0 Å². The first kappa shape index (κ1) is 56.1. The van der Waals surface area contributed by atoms with Crippen molar-refractivity contribution >= 4 is 81.1 Å². The first-order chi connectivity index (χ1) is 37.7. The lowest BCUT2D eigenvalue weighted by Gasteiger charge is -2.28. The van der Waals surface area contributed by atoms with Crippen LogP contribution in [-0.4, -0.2) is 148 Å². The Morgan fingerprint density at radius 2 is 1.51 bits per heavy atom. The molecule has 2 aliphatic heterocycles. The summed E-state index contributed by atoms with van der Waals surface area (Å²) in [5, 5.41) is 19.5. The minimum atomic E-state index is -0.842. The van der Waals surface area contributed by atoms with Gasteiger partial charge in [0.25, 0.3) is 23.6 Å². The van der Waals surface area contributed by atoms with Crippen LogP contribution in [0.4, 0.5) is 26.7 Å². The molecule has 8 rings (SSSR count). The van der Waals surface area contributed by atoms with Crippen molar-refractivity contribution in [3.8, 4) is 11.5 Å². The number of hydrogen-bond donors (Lipinski definition) is 4. The van der Waals surface area contributed by atoms with Crippen molar-refractivity contribution in [3.63, 3.8) is 0 Å². The lowest BCUT2D eigenvalue weighted by atomic mass is 9.90. The number of aromatic hydroxyl groups is 1. The van der Waals surface area contributed by atoms with Gasteiger partial charge in [-0.15, -0.1) is 0 Å². The molecule has 4 aromatic carbocycles. The van der Waals surface area contributed by atoms with E-state index < -0.39 is 53.8 Å². The normalized spacial score (nSPS) is 14.6. The number of ether oxygens (including phenoxy) is 2. The lowest BCUT2D eigenvalue weighted by Crippen LogP contribution is -2.51. The molecule has 3 atom stereocenters. The number of nitrogens with zero attached hydrogens (tertiary/aromatic N) is 7. The second kappa shape index (κ2) is 24.1. The number of fused-ring (bicyclic) bond motifs is 4. The number of imidazole rings is 1. The SMILES string of the molecule is CC[C@@H]1CN(C(=O)c2cn3cc(NC(=O)c4ccc(O)cc4)ccc3n2)c2cc(OC(=O)N(CCN(C)C(=O)OCc3ccc(NC(=O)[C@H](C)NC(=O)[C@H](C(C)C)N(C)C)cc3)CCN3C(=O)C=CC3=O)c3cccc(C)c3c21. The number of imide groups is 1. The van der Waals surface area contributed by atoms with Crippen LogP contribution in [0.25, 0.3) is 16.4 Å². The molecular formula is C58H64N10O11. The van der Waals surface area contributed by atoms with Crippen LogP contribution in [0.2, 0.25) is 0 Å². The van der Waals surface area contributed by atoms with Crippen LogP contribution in [0.5, 0.6) is 11.5 Å². The van der Waals surface area contributed by atoms with Gasteiger partial charge in [0, 0.05) is 92.9 Å². The van der Waals surface area contributed by atoms with Crippen molar-refractivity contribution in [1.29, 1.82) is 0 Å². The van der Waals surface area contributed by atoms with Crippen LogP contribution < -0.4 is 25.6 Å². The molecule has 4 heterocycles. The predicted molar refractivity (Wildman–Crippen MR) is 296 cm³/mol. The fourth-order valence-electron chi connectivity index (χ4n) is 9.79. The van der Waals surface area contributed by atoms with Gasteiger partial charge >= 0.3 is 12.2 Å². The van der Waals surface area contributed by atoms with E-state index in [4.69, 9.17) is 9.47 Å². The standard InChI is InChI=1S/C58H64N10O11/c1-9-38-30-68(56(75)44-32-66-31-41(19-22-47(66)62-44)61-54(73)39-15-20-42(69)21-16-39)45-29-46(43-12-10-11-35(4)50(43)51(38)45)79-58(77)65(27-28-67-48(70)23-24-49(67)71)26-25-64(8)57(76)78-33-37-13-17-40(18-14-37)60-53(72)36(5)59-55(74)52(34(2)3)63(6)7/h10-24,29,31-32,34,36,38,52,69H,9,25-28,30,33H2,1-8H3,(H,59,74)(H,60,72)(H,61,73)/t36-,38+,52-/m0/s1. The highest BCUT2D eigenvalue weighted by Gasteiger charge is 2.37. The number of hydrogen-bond acceptors (Lipinski definition) is 13. The maximum absolute atomic E-state index is 14.6. The first-order valence-corrected chi connectivity index (χ1v) is 25.9. The van der Waals surface area contributed by atoms with E-state index in [1.807, 2.05) is 60.0 Å². The van der Waals surface area contributed by atoms with Gasteiger partial charge in [0.2, 0.25) is 11.8 Å². The Labute approximate surface area is 456 Å². The molecule has 0 bridgehead atoms. The van der Waals surface area contributed by atoms with Gasteiger partial charge in [-0.1, -0.05) is 51.1 Å². The van der Waals surface area contributed by atoms with Crippen molar-refractivity contribution in [2.75, 3.05) is 69.4 Å². The van der Waals surface area contributed by atoms with Crippen molar-refractivity contribution < 1.29 is 52.9 Å². The summed E-state index contributed by atoms with van der Waals surface area (Å²) in [6.45, 7) is 9.19. The van der Waals surface area contributed by atoms with Crippen molar-refractivity contribution in [1.82, 2.24) is 34.3 Å². The Kier molecular flexibility index (Phi) is 17.1. The zero-order valence-electron chi connectivity index (χ0n) is 45.3. The molecule has 0 fully saturated rings. The van der Waals surface area contributed by atoms with E-state index in [1.54, 1.807) is 76.0 Å². The molecule has 6 aromatic rings. The van der Waals surface area contributed by atoms with Crippen molar-refractivity contribution in [3.05, 3.63) is 137 Å². The molecule has 2 aliphatic rings. The number of pyridine rings is 1. The van der Waals surface area contributed by atoms with E-state index in [0.29, 0.717) is 52.2 Å². The van der Waals surface area contributed by atoms with Crippen LogP contribution >= 0.6 is 0 Å². The highest BCUT2D eigenvalue weighted by atomic mass is 16.6. The Hall–Kier alpha value is -9.11. The Morgan fingerprint density at radius 3 is 2.18 bits per heavy atom. The number of amides is 8. The summed E-state index contributed by atoms with van der Waals surface area (Å²) in [4.78, 5) is 118. The third kappa shape index (κ3) is 12.7. The molecule has 21 nitrogen and oxygen atoms in total. The molecule has 21 heteroatoms. The highest BCUT2D eigenvalue weighted by molar-refractivity contribution is 6.13. The summed E-state index contributed by atoms with van der Waals surface area (Å²) in [5.41, 5.74) is 4.81. The Morgan fingerprint density at radius 1 is 0.810 bits per heavy atom. The number of nitrogens with one attached hydrogen (secondary N) is 3. The number of phenols is 1. The lowest BCUT2D eigenvalue weighted by molar-refractivity contribution is -0.137. The number of aryl methyl sites for hydroxylation is 1.